The Balaban J connectivity index is 1.06. The average Bonchev–Trinajstić information content (AvgIpc) is 4.03. The Kier molecular flexibility index (Phi) is 7.79. The number of rotatable bonds is 5. The second kappa shape index (κ2) is 14.0. The molecule has 0 spiro atoms. The monoisotopic (exact) mass is 846 g/mol. The van der Waals surface area contributed by atoms with Gasteiger partial charge in [0.15, 0.2) is 17.5 Å². The molecule has 14 aromatic rings. The minimum Gasteiger partial charge on any atom is -0.455 e. The number of hydrogen-bond acceptors (Lipinski definition) is 5. The first-order valence-electron chi connectivity index (χ1n) is 21.8. The molecule has 0 bridgehead atoms. The number of hydrogen-bond donors (Lipinski definition) is 0. The molecule has 0 amide bonds. The summed E-state index contributed by atoms with van der Waals surface area (Å²) >= 11 is 1.80. The molecule has 0 saturated heterocycles. The van der Waals surface area contributed by atoms with Crippen molar-refractivity contribution in [1.29, 1.82) is 0 Å². The Bertz CT molecular complexity index is 4240. The lowest BCUT2D eigenvalue weighted by molar-refractivity contribution is 0.670. The highest BCUT2D eigenvalue weighted by Crippen LogP contribution is 2.43. The van der Waals surface area contributed by atoms with Crippen molar-refractivity contribution in [3.05, 3.63) is 206 Å². The fraction of sp³-hybridized carbons (Fsp3) is 0. The molecular weight excluding hydrogens is 813 g/mol. The Morgan fingerprint density at radius 3 is 1.74 bits per heavy atom. The zero-order valence-corrected chi connectivity index (χ0v) is 35.6. The number of benzene rings is 10. The van der Waals surface area contributed by atoms with Crippen LogP contribution >= 0.6 is 11.3 Å². The molecule has 0 fully saturated rings. The molecule has 0 saturated carbocycles. The summed E-state index contributed by atoms with van der Waals surface area (Å²) in [6, 6.07) is 73.4. The Labute approximate surface area is 376 Å². The predicted octanol–water partition coefficient (Wildman–Crippen LogP) is 16.2. The second-order valence-electron chi connectivity index (χ2n) is 16.8. The van der Waals surface area contributed by atoms with Crippen molar-refractivity contribution in [2.45, 2.75) is 0 Å². The van der Waals surface area contributed by atoms with E-state index in [1.165, 1.54) is 41.7 Å². The average molecular weight is 847 g/mol. The predicted molar refractivity (Wildman–Crippen MR) is 271 cm³/mol. The summed E-state index contributed by atoms with van der Waals surface area (Å²) in [6.07, 6.45) is 0. The van der Waals surface area contributed by atoms with Crippen LogP contribution in [0.5, 0.6) is 0 Å². The lowest BCUT2D eigenvalue weighted by atomic mass is 10.0. The fourth-order valence-electron chi connectivity index (χ4n) is 9.84. The number of furan rings is 1. The van der Waals surface area contributed by atoms with Crippen LogP contribution in [0.15, 0.2) is 211 Å². The molecule has 0 atom stereocenters. The van der Waals surface area contributed by atoms with Crippen molar-refractivity contribution in [3.63, 3.8) is 0 Å². The highest BCUT2D eigenvalue weighted by Gasteiger charge is 2.23. The van der Waals surface area contributed by atoms with E-state index in [4.69, 9.17) is 19.4 Å². The first-order chi connectivity index (χ1) is 32.2. The molecule has 0 unspecified atom stereocenters. The van der Waals surface area contributed by atoms with Gasteiger partial charge in [0.25, 0.3) is 0 Å². The quantitative estimate of drug-likeness (QED) is 0.173. The van der Waals surface area contributed by atoms with Gasteiger partial charge in [0.05, 0.1) is 16.6 Å². The molecule has 5 nitrogen and oxygen atoms in total. The standard InChI is InChI=1S/C59H34N4OS/c1-2-12-35(13-3-1)36-22-24-37(25-23-36)57-60-58(42-26-27-55-48(30-42)45-19-9-11-21-54(45)65-55)62-59(61-57)50-34-43(33-49-47-29-39-15-5-7-17-41(39)32-53(47)64-56(49)50)63-51-20-10-8-18-44(51)46-28-38-14-4-6-16-40(38)31-52(46)63/h1-34H. The van der Waals surface area contributed by atoms with Crippen LogP contribution in [0.1, 0.15) is 0 Å². The van der Waals surface area contributed by atoms with Gasteiger partial charge >= 0.3 is 0 Å². The first-order valence-corrected chi connectivity index (χ1v) is 22.6. The van der Waals surface area contributed by atoms with Crippen LogP contribution in [0.2, 0.25) is 0 Å². The van der Waals surface area contributed by atoms with E-state index in [1.807, 2.05) is 6.07 Å². The zero-order chi connectivity index (χ0) is 42.6. The molecule has 302 valence electrons. The SMILES string of the molecule is c1ccc(-c2ccc(-c3nc(-c4ccc5sc6ccccc6c5c4)nc(-c4cc(-n5c6ccccc6c6cc7ccccc7cc65)cc5c4oc4cc6ccccc6cc45)n3)cc2)cc1. The van der Waals surface area contributed by atoms with Crippen LogP contribution in [0.3, 0.4) is 0 Å². The van der Waals surface area contributed by atoms with Crippen LogP contribution in [0, 0.1) is 0 Å². The van der Waals surface area contributed by atoms with Crippen LogP contribution in [0.25, 0.3) is 136 Å². The molecule has 0 radical (unpaired) electrons. The Hall–Kier alpha value is -8.45. The third-order valence-corrected chi connectivity index (χ3v) is 14.1. The second-order valence-corrected chi connectivity index (χ2v) is 17.9. The maximum atomic E-state index is 6.99. The van der Waals surface area contributed by atoms with Gasteiger partial charge in [-0.05, 0) is 99.4 Å². The molecule has 6 heteroatoms. The summed E-state index contributed by atoms with van der Waals surface area (Å²) in [4.78, 5) is 16.1. The van der Waals surface area contributed by atoms with Gasteiger partial charge in [-0.3, -0.25) is 0 Å². The number of thiophene rings is 1. The molecule has 4 heterocycles. The van der Waals surface area contributed by atoms with E-state index >= 15 is 0 Å². The Morgan fingerprint density at radius 1 is 0.354 bits per heavy atom. The summed E-state index contributed by atoms with van der Waals surface area (Å²) in [7, 11) is 0. The van der Waals surface area contributed by atoms with Crippen molar-refractivity contribution in [2.75, 3.05) is 0 Å². The van der Waals surface area contributed by atoms with Gasteiger partial charge in [0.2, 0.25) is 0 Å². The molecule has 0 aliphatic rings. The maximum Gasteiger partial charge on any atom is 0.167 e. The summed E-state index contributed by atoms with van der Waals surface area (Å²) < 4.78 is 11.9. The van der Waals surface area contributed by atoms with Gasteiger partial charge in [-0.25, -0.2) is 15.0 Å². The molecule has 0 aliphatic carbocycles. The molecule has 0 N–H and O–H groups in total. The number of fused-ring (bicyclic) bond motifs is 11. The first kappa shape index (κ1) is 36.1. The highest BCUT2D eigenvalue weighted by molar-refractivity contribution is 7.25. The van der Waals surface area contributed by atoms with Crippen molar-refractivity contribution in [1.82, 2.24) is 19.5 Å². The fourth-order valence-corrected chi connectivity index (χ4v) is 10.9. The third kappa shape index (κ3) is 5.74. The summed E-state index contributed by atoms with van der Waals surface area (Å²) in [5, 5.41) is 11.5. The zero-order valence-electron chi connectivity index (χ0n) is 34.7. The lowest BCUT2D eigenvalue weighted by Crippen LogP contribution is -2.01. The largest absolute Gasteiger partial charge is 0.455 e. The van der Waals surface area contributed by atoms with Gasteiger partial charge in [0.1, 0.15) is 11.2 Å². The van der Waals surface area contributed by atoms with Crippen molar-refractivity contribution >= 4 is 96.8 Å². The van der Waals surface area contributed by atoms with Crippen molar-refractivity contribution < 1.29 is 4.42 Å². The molecule has 0 aliphatic heterocycles. The van der Waals surface area contributed by atoms with Crippen molar-refractivity contribution in [3.8, 4) is 51.0 Å². The van der Waals surface area contributed by atoms with Gasteiger partial charge in [-0.15, -0.1) is 11.3 Å². The van der Waals surface area contributed by atoms with E-state index < -0.39 is 0 Å². The molecule has 65 heavy (non-hydrogen) atoms. The van der Waals surface area contributed by atoms with Crippen molar-refractivity contribution in [2.24, 2.45) is 0 Å². The van der Waals surface area contributed by atoms with E-state index in [0.29, 0.717) is 17.5 Å². The maximum absolute atomic E-state index is 6.99. The van der Waals surface area contributed by atoms with E-state index in [0.717, 1.165) is 77.2 Å². The van der Waals surface area contributed by atoms with Gasteiger partial charge in [-0.2, -0.15) is 0 Å². The molecule has 14 rings (SSSR count). The summed E-state index contributed by atoms with van der Waals surface area (Å²) in [6.45, 7) is 0. The van der Waals surface area contributed by atoms with Crippen LogP contribution in [0.4, 0.5) is 0 Å². The minimum atomic E-state index is 0.536. The minimum absolute atomic E-state index is 0.536. The topological polar surface area (TPSA) is 56.7 Å². The van der Waals surface area contributed by atoms with Gasteiger partial charge < -0.3 is 8.98 Å². The van der Waals surface area contributed by atoms with E-state index in [2.05, 4.69) is 205 Å². The van der Waals surface area contributed by atoms with Crippen LogP contribution in [-0.2, 0) is 0 Å². The number of para-hydroxylation sites is 1. The van der Waals surface area contributed by atoms with Gasteiger partial charge in [-0.1, -0.05) is 140 Å². The molecule has 4 aromatic heterocycles. The number of nitrogens with zero attached hydrogens (tertiary/aromatic N) is 4. The molecular formula is C59H34N4OS. The normalized spacial score (nSPS) is 12.0. The van der Waals surface area contributed by atoms with Crippen LogP contribution < -0.4 is 0 Å². The number of aromatic nitrogens is 4. The van der Waals surface area contributed by atoms with E-state index in [1.54, 1.807) is 11.3 Å². The third-order valence-electron chi connectivity index (χ3n) is 13.0. The summed E-state index contributed by atoms with van der Waals surface area (Å²) in [5.74, 6) is 1.72. The summed E-state index contributed by atoms with van der Waals surface area (Å²) in [5.41, 5.74) is 9.66. The van der Waals surface area contributed by atoms with Gasteiger partial charge in [0, 0.05) is 58.5 Å². The lowest BCUT2D eigenvalue weighted by Gasteiger charge is -2.13. The highest BCUT2D eigenvalue weighted by atomic mass is 32.1. The van der Waals surface area contributed by atoms with Crippen LogP contribution in [-0.4, -0.2) is 19.5 Å². The molecule has 10 aromatic carbocycles. The smallest absolute Gasteiger partial charge is 0.167 e. The van der Waals surface area contributed by atoms with E-state index in [-0.39, 0.29) is 0 Å². The Morgan fingerprint density at radius 2 is 0.938 bits per heavy atom. The van der Waals surface area contributed by atoms with E-state index in [9.17, 15) is 0 Å².